The summed E-state index contributed by atoms with van der Waals surface area (Å²) in [6, 6.07) is 8.79. The molecule has 7 nitrogen and oxygen atoms in total. The van der Waals surface area contributed by atoms with Crippen molar-refractivity contribution in [3.8, 4) is 11.1 Å². The maximum Gasteiger partial charge on any atom is 0.240 e. The Balaban J connectivity index is 1.92. The van der Waals surface area contributed by atoms with Gasteiger partial charge in [0.1, 0.15) is 0 Å². The lowest BCUT2D eigenvalue weighted by atomic mass is 10.1. The van der Waals surface area contributed by atoms with E-state index in [9.17, 15) is 21.6 Å². The Hall–Kier alpha value is -1.37. The van der Waals surface area contributed by atoms with Gasteiger partial charge in [-0.05, 0) is 47.9 Å². The van der Waals surface area contributed by atoms with E-state index >= 15 is 0 Å². The van der Waals surface area contributed by atoms with Gasteiger partial charge in [-0.1, -0.05) is 12.1 Å². The van der Waals surface area contributed by atoms with E-state index < -0.39 is 20.0 Å². The van der Waals surface area contributed by atoms with Crippen LogP contribution in [0.4, 0.5) is 0 Å². The molecule has 0 saturated heterocycles. The number of sulfonamides is 2. The smallest absolute Gasteiger partial charge is 0.240 e. The molecule has 3 rings (SSSR count). The minimum absolute atomic E-state index is 0.00934. The summed E-state index contributed by atoms with van der Waals surface area (Å²) in [5, 5.41) is 0. The Bertz CT molecular complexity index is 1090. The summed E-state index contributed by atoms with van der Waals surface area (Å²) in [4.78, 5) is 12.9. The third kappa shape index (κ3) is 4.76. The fraction of sp³-hybridized carbons (Fsp3) is 0.316. The molecule has 0 heterocycles. The first-order valence-electron chi connectivity index (χ1n) is 9.01. The highest BCUT2D eigenvalue weighted by Gasteiger charge is 2.30. The molecule has 0 amide bonds. The molecule has 162 valence electrons. The molecule has 2 N–H and O–H groups in total. The minimum atomic E-state index is -3.73. The predicted molar refractivity (Wildman–Crippen MR) is 122 cm³/mol. The van der Waals surface area contributed by atoms with E-state index in [-0.39, 0.29) is 26.7 Å². The summed E-state index contributed by atoms with van der Waals surface area (Å²) in [7, 11) is -7.47. The molecule has 2 aromatic carbocycles. The van der Waals surface area contributed by atoms with Crippen LogP contribution in [-0.2, 0) is 20.0 Å². The molecule has 0 fully saturated rings. The first-order chi connectivity index (χ1) is 14.2. The molecule has 0 aliphatic heterocycles. The largest absolute Gasteiger partial charge is 0.289 e. The quantitative estimate of drug-likeness (QED) is 0.423. The van der Waals surface area contributed by atoms with Crippen molar-refractivity contribution in [3.63, 3.8) is 0 Å². The summed E-state index contributed by atoms with van der Waals surface area (Å²) in [6.07, 6.45) is 3.76. The number of nitrogens with one attached hydrogen (secondary N) is 2. The van der Waals surface area contributed by atoms with Crippen molar-refractivity contribution in [1.29, 1.82) is 0 Å². The van der Waals surface area contributed by atoms with Crippen LogP contribution in [0, 0.1) is 0 Å². The average molecular weight is 487 g/mol. The normalized spacial score (nSPS) is 13.3. The number of thioether (sulfide) groups is 2. The van der Waals surface area contributed by atoms with Crippen molar-refractivity contribution in [1.82, 2.24) is 9.44 Å². The fourth-order valence-corrected chi connectivity index (χ4v) is 6.08. The molecule has 0 unspecified atom stereocenters. The summed E-state index contributed by atoms with van der Waals surface area (Å²) in [5.41, 5.74) is 1.69. The Morgan fingerprint density at radius 3 is 1.47 bits per heavy atom. The van der Waals surface area contributed by atoms with Crippen molar-refractivity contribution >= 4 is 49.4 Å². The molecule has 0 spiro atoms. The van der Waals surface area contributed by atoms with E-state index in [2.05, 4.69) is 9.44 Å². The summed E-state index contributed by atoms with van der Waals surface area (Å²) in [6.45, 7) is 0.582. The van der Waals surface area contributed by atoms with Crippen LogP contribution in [0.2, 0.25) is 0 Å². The second-order valence-corrected chi connectivity index (χ2v) is 12.0. The van der Waals surface area contributed by atoms with E-state index in [1.807, 2.05) is 12.5 Å². The van der Waals surface area contributed by atoms with Gasteiger partial charge in [0.15, 0.2) is 5.78 Å². The molecule has 0 atom stereocenters. The first-order valence-corrected chi connectivity index (χ1v) is 14.8. The predicted octanol–water partition coefficient (Wildman–Crippen LogP) is 2.18. The monoisotopic (exact) mass is 486 g/mol. The average Bonchev–Trinajstić information content (AvgIpc) is 3.00. The van der Waals surface area contributed by atoms with Crippen LogP contribution in [0.1, 0.15) is 15.9 Å². The van der Waals surface area contributed by atoms with E-state index in [1.165, 1.54) is 47.8 Å². The van der Waals surface area contributed by atoms with Gasteiger partial charge in [-0.25, -0.2) is 26.3 Å². The highest BCUT2D eigenvalue weighted by Crippen LogP contribution is 2.38. The van der Waals surface area contributed by atoms with E-state index in [4.69, 9.17) is 0 Å². The van der Waals surface area contributed by atoms with E-state index in [1.54, 1.807) is 12.1 Å². The molecule has 1 aliphatic carbocycles. The van der Waals surface area contributed by atoms with Crippen LogP contribution >= 0.6 is 23.5 Å². The Morgan fingerprint density at radius 2 is 1.10 bits per heavy atom. The maximum atomic E-state index is 12.9. The number of carbonyl (C=O) groups excluding carboxylic acids is 1. The van der Waals surface area contributed by atoms with Crippen molar-refractivity contribution in [2.75, 3.05) is 37.1 Å². The lowest BCUT2D eigenvalue weighted by Gasteiger charge is -2.08. The number of ketones is 1. The molecule has 0 aromatic heterocycles. The van der Waals surface area contributed by atoms with Gasteiger partial charge in [-0.3, -0.25) is 4.79 Å². The van der Waals surface area contributed by atoms with Crippen molar-refractivity contribution in [2.45, 2.75) is 9.79 Å². The highest BCUT2D eigenvalue weighted by atomic mass is 32.2. The zero-order valence-electron chi connectivity index (χ0n) is 16.5. The van der Waals surface area contributed by atoms with Gasteiger partial charge in [0, 0.05) is 35.7 Å². The fourth-order valence-electron chi connectivity index (χ4n) is 3.09. The van der Waals surface area contributed by atoms with Gasteiger partial charge in [0.05, 0.1) is 9.79 Å². The lowest BCUT2D eigenvalue weighted by molar-refractivity contribution is 0.104. The van der Waals surface area contributed by atoms with Gasteiger partial charge >= 0.3 is 0 Å². The standard InChI is InChI=1S/C19H22N2O5S4/c1-27-9-7-20-29(23,24)13-3-5-15-16-6-4-14(30(25,26)21-8-10-28-2)12-18(16)19(22)17(15)11-13/h3-6,11-12,20-21H,7-10H2,1-2H3. The topological polar surface area (TPSA) is 109 Å². The van der Waals surface area contributed by atoms with Crippen LogP contribution in [0.25, 0.3) is 11.1 Å². The molecular weight excluding hydrogens is 464 g/mol. The molecule has 11 heteroatoms. The molecule has 30 heavy (non-hydrogen) atoms. The zero-order valence-corrected chi connectivity index (χ0v) is 19.7. The number of rotatable bonds is 10. The van der Waals surface area contributed by atoms with Gasteiger partial charge in [0.25, 0.3) is 0 Å². The van der Waals surface area contributed by atoms with Crippen LogP contribution in [0.15, 0.2) is 46.2 Å². The van der Waals surface area contributed by atoms with Crippen molar-refractivity contribution < 1.29 is 21.6 Å². The first kappa shape index (κ1) is 23.3. The Labute approximate surface area is 185 Å². The molecule has 0 saturated carbocycles. The molecule has 0 bridgehead atoms. The van der Waals surface area contributed by atoms with Crippen LogP contribution in [0.3, 0.4) is 0 Å². The number of benzene rings is 2. The van der Waals surface area contributed by atoms with Gasteiger partial charge in [0.2, 0.25) is 20.0 Å². The zero-order chi connectivity index (χ0) is 21.9. The van der Waals surface area contributed by atoms with E-state index in [0.717, 1.165) is 0 Å². The van der Waals surface area contributed by atoms with Gasteiger partial charge < -0.3 is 0 Å². The third-order valence-electron chi connectivity index (χ3n) is 4.58. The molecule has 1 aliphatic rings. The molecular formula is C19H22N2O5S4. The van der Waals surface area contributed by atoms with Crippen LogP contribution in [0.5, 0.6) is 0 Å². The third-order valence-corrected chi connectivity index (χ3v) is 8.72. The van der Waals surface area contributed by atoms with Crippen LogP contribution < -0.4 is 9.44 Å². The number of hydrogen-bond acceptors (Lipinski definition) is 7. The molecule has 0 radical (unpaired) electrons. The SMILES string of the molecule is CSCCNS(=O)(=O)c1ccc2c(c1)C(=O)c1cc(S(=O)(=O)NCCSC)ccc1-2. The maximum absolute atomic E-state index is 12.9. The van der Waals surface area contributed by atoms with Gasteiger partial charge in [-0.15, -0.1) is 0 Å². The highest BCUT2D eigenvalue weighted by molar-refractivity contribution is 7.98. The second kappa shape index (κ2) is 9.41. The van der Waals surface area contributed by atoms with Crippen molar-refractivity contribution in [3.05, 3.63) is 47.5 Å². The summed E-state index contributed by atoms with van der Waals surface area (Å²) >= 11 is 3.04. The second-order valence-electron chi connectivity index (χ2n) is 6.53. The lowest BCUT2D eigenvalue weighted by Crippen LogP contribution is -2.26. The Kier molecular flexibility index (Phi) is 7.31. The minimum Gasteiger partial charge on any atom is -0.289 e. The number of fused-ring (bicyclic) bond motifs is 3. The number of carbonyl (C=O) groups is 1. The van der Waals surface area contributed by atoms with Crippen LogP contribution in [-0.4, -0.2) is 59.7 Å². The van der Waals surface area contributed by atoms with Gasteiger partial charge in [-0.2, -0.15) is 23.5 Å². The Morgan fingerprint density at radius 1 is 0.700 bits per heavy atom. The summed E-state index contributed by atoms with van der Waals surface area (Å²) in [5.74, 6) is 0.885. The summed E-state index contributed by atoms with van der Waals surface area (Å²) < 4.78 is 54.9. The molecule has 2 aromatic rings. The van der Waals surface area contributed by atoms with Crippen molar-refractivity contribution in [2.24, 2.45) is 0 Å². The van der Waals surface area contributed by atoms with E-state index in [0.29, 0.717) is 35.7 Å². The number of hydrogen-bond donors (Lipinski definition) is 2.